The van der Waals surface area contributed by atoms with Crippen molar-refractivity contribution in [2.45, 2.75) is 43.6 Å². The Balaban J connectivity index is 3.25. The molecule has 0 unspecified atom stereocenters. The van der Waals surface area contributed by atoms with Crippen LogP contribution in [-0.4, -0.2) is 46.3 Å². The average Bonchev–Trinajstić information content (AvgIpc) is 2.69. The van der Waals surface area contributed by atoms with E-state index < -0.39 is 20.6 Å². The van der Waals surface area contributed by atoms with Crippen molar-refractivity contribution in [1.29, 1.82) is 0 Å². The van der Waals surface area contributed by atoms with Crippen molar-refractivity contribution in [1.82, 2.24) is 14.8 Å². The number of aliphatic carboxylic acids is 1. The number of carbonyl (C=O) groups is 1. The highest BCUT2D eigenvalue weighted by molar-refractivity contribution is 7.99. The molecular weight excluding hydrogens is 302 g/mol. The molecule has 0 fully saturated rings. The molecule has 0 aliphatic rings. The summed E-state index contributed by atoms with van der Waals surface area (Å²) in [5.74, 6) is -0.749. The van der Waals surface area contributed by atoms with Crippen molar-refractivity contribution in [3.8, 4) is 0 Å². The Morgan fingerprint density at radius 2 is 2.00 bits per heavy atom. The van der Waals surface area contributed by atoms with Crippen LogP contribution in [0.1, 0.15) is 33.0 Å². The van der Waals surface area contributed by atoms with Crippen LogP contribution >= 0.6 is 11.8 Å². The summed E-state index contributed by atoms with van der Waals surface area (Å²) in [6.07, 6.45) is 1.92. The first-order valence-corrected chi connectivity index (χ1v) is 8.96. The summed E-state index contributed by atoms with van der Waals surface area (Å²) in [5, 5.41) is 17.1. The van der Waals surface area contributed by atoms with E-state index in [0.29, 0.717) is 17.5 Å². The van der Waals surface area contributed by atoms with Crippen molar-refractivity contribution in [3.05, 3.63) is 5.82 Å². The molecule has 0 atom stereocenters. The van der Waals surface area contributed by atoms with E-state index in [1.807, 2.05) is 6.92 Å². The molecule has 0 saturated heterocycles. The average molecular weight is 321 g/mol. The van der Waals surface area contributed by atoms with Gasteiger partial charge in [-0.2, -0.15) is 0 Å². The van der Waals surface area contributed by atoms with E-state index in [1.165, 1.54) is 0 Å². The number of nitrogens with zero attached hydrogens (tertiary/aromatic N) is 3. The molecule has 9 heteroatoms. The van der Waals surface area contributed by atoms with Crippen molar-refractivity contribution in [2.75, 3.05) is 12.0 Å². The number of sulfone groups is 1. The van der Waals surface area contributed by atoms with Crippen LogP contribution in [0.2, 0.25) is 0 Å². The minimum Gasteiger partial charge on any atom is -0.481 e. The normalized spacial score (nSPS) is 12.6. The highest BCUT2D eigenvalue weighted by atomic mass is 32.2. The second-order valence-corrected chi connectivity index (χ2v) is 8.43. The van der Waals surface area contributed by atoms with Gasteiger partial charge in [-0.25, -0.2) is 8.42 Å². The number of thioether (sulfide) groups is 1. The Morgan fingerprint density at radius 3 is 2.45 bits per heavy atom. The topological polar surface area (TPSA) is 102 Å². The third-order valence-corrected chi connectivity index (χ3v) is 5.94. The molecule has 0 amide bonds. The second-order valence-electron chi connectivity index (χ2n) is 4.92. The highest BCUT2D eigenvalue weighted by Gasteiger charge is 2.38. The standard InChI is InChI=1S/C11H19N3O4S2/c1-5-6-14-9(11(2,3)20(4,17)18)12-13-10(14)19-7-8(15)16/h5-7H2,1-4H3,(H,15,16). The minimum atomic E-state index is -3.36. The van der Waals surface area contributed by atoms with Crippen molar-refractivity contribution in [2.24, 2.45) is 0 Å². The predicted octanol–water partition coefficient (Wildman–Crippen LogP) is 1.14. The largest absolute Gasteiger partial charge is 0.481 e. The molecule has 0 radical (unpaired) electrons. The molecule has 114 valence electrons. The molecule has 1 aromatic heterocycles. The molecule has 1 aromatic rings. The van der Waals surface area contributed by atoms with Gasteiger partial charge in [0.2, 0.25) is 0 Å². The lowest BCUT2D eigenvalue weighted by Crippen LogP contribution is -2.32. The summed E-state index contributed by atoms with van der Waals surface area (Å²) >= 11 is 1.04. The molecule has 0 saturated carbocycles. The Morgan fingerprint density at radius 1 is 1.40 bits per heavy atom. The molecule has 0 aliphatic carbocycles. The molecule has 1 rings (SSSR count). The first-order chi connectivity index (χ1) is 9.11. The van der Waals surface area contributed by atoms with Gasteiger partial charge in [0.1, 0.15) is 4.75 Å². The van der Waals surface area contributed by atoms with Crippen LogP contribution in [0.25, 0.3) is 0 Å². The number of hydrogen-bond donors (Lipinski definition) is 1. The van der Waals surface area contributed by atoms with E-state index >= 15 is 0 Å². The molecule has 1 heterocycles. The number of aromatic nitrogens is 3. The summed E-state index contributed by atoms with van der Waals surface area (Å²) < 4.78 is 24.3. The third-order valence-electron chi connectivity index (χ3n) is 2.95. The van der Waals surface area contributed by atoms with Gasteiger partial charge in [-0.15, -0.1) is 10.2 Å². The first-order valence-electron chi connectivity index (χ1n) is 6.09. The molecule has 7 nitrogen and oxygen atoms in total. The van der Waals surface area contributed by atoms with Gasteiger partial charge in [0.05, 0.1) is 5.75 Å². The van der Waals surface area contributed by atoms with E-state index in [4.69, 9.17) is 5.11 Å². The summed E-state index contributed by atoms with van der Waals surface area (Å²) in [6.45, 7) is 5.64. The van der Waals surface area contributed by atoms with Crippen LogP contribution in [0, 0.1) is 0 Å². The molecular formula is C11H19N3O4S2. The molecule has 0 bridgehead atoms. The van der Waals surface area contributed by atoms with Gasteiger partial charge in [-0.3, -0.25) is 4.79 Å². The lowest BCUT2D eigenvalue weighted by atomic mass is 10.2. The number of rotatable bonds is 7. The maximum atomic E-state index is 11.9. The highest BCUT2D eigenvalue weighted by Crippen LogP contribution is 2.30. The Bertz CT molecular complexity index is 593. The summed E-state index contributed by atoms with van der Waals surface area (Å²) in [4.78, 5) is 10.6. The van der Waals surface area contributed by atoms with Crippen LogP contribution in [0.5, 0.6) is 0 Å². The second kappa shape index (κ2) is 6.13. The van der Waals surface area contributed by atoms with Crippen molar-refractivity contribution < 1.29 is 18.3 Å². The third kappa shape index (κ3) is 3.51. The van der Waals surface area contributed by atoms with Crippen LogP contribution < -0.4 is 0 Å². The van der Waals surface area contributed by atoms with Crippen LogP contribution in [0.15, 0.2) is 5.16 Å². The Hall–Kier alpha value is -1.09. The van der Waals surface area contributed by atoms with Gasteiger partial charge in [-0.05, 0) is 20.3 Å². The monoisotopic (exact) mass is 321 g/mol. The summed E-state index contributed by atoms with van der Waals surface area (Å²) in [5.41, 5.74) is 0. The number of carboxylic acid groups (broad SMARTS) is 1. The quantitative estimate of drug-likeness (QED) is 0.751. The van der Waals surface area contributed by atoms with Crippen LogP contribution in [0.3, 0.4) is 0 Å². The first kappa shape index (κ1) is 17.0. The van der Waals surface area contributed by atoms with Gasteiger partial charge in [-0.1, -0.05) is 18.7 Å². The van der Waals surface area contributed by atoms with Gasteiger partial charge in [0.15, 0.2) is 20.8 Å². The molecule has 1 N–H and O–H groups in total. The zero-order valence-electron chi connectivity index (χ0n) is 12.0. The fourth-order valence-electron chi connectivity index (χ4n) is 1.56. The molecule has 0 spiro atoms. The fraction of sp³-hybridized carbons (Fsp3) is 0.727. The van der Waals surface area contributed by atoms with Crippen molar-refractivity contribution in [3.63, 3.8) is 0 Å². The lowest BCUT2D eigenvalue weighted by Gasteiger charge is -2.22. The minimum absolute atomic E-state index is 0.138. The van der Waals surface area contributed by atoms with Gasteiger partial charge in [0.25, 0.3) is 0 Å². The van der Waals surface area contributed by atoms with Crippen LogP contribution in [-0.2, 0) is 25.9 Å². The van der Waals surface area contributed by atoms with E-state index in [-0.39, 0.29) is 5.75 Å². The fourth-order valence-corrected chi connectivity index (χ4v) is 2.73. The lowest BCUT2D eigenvalue weighted by molar-refractivity contribution is -0.133. The van der Waals surface area contributed by atoms with E-state index in [2.05, 4.69) is 10.2 Å². The SMILES string of the molecule is CCCn1c(SCC(=O)O)nnc1C(C)(C)S(C)(=O)=O. The maximum Gasteiger partial charge on any atom is 0.313 e. The van der Waals surface area contributed by atoms with Gasteiger partial charge in [0, 0.05) is 12.8 Å². The van der Waals surface area contributed by atoms with Crippen LogP contribution in [0.4, 0.5) is 0 Å². The maximum absolute atomic E-state index is 11.9. The van der Waals surface area contributed by atoms with E-state index in [0.717, 1.165) is 24.4 Å². The van der Waals surface area contributed by atoms with Gasteiger partial charge < -0.3 is 9.67 Å². The molecule has 0 aromatic carbocycles. The Kier molecular flexibility index (Phi) is 5.20. The van der Waals surface area contributed by atoms with Crippen molar-refractivity contribution >= 4 is 27.6 Å². The predicted molar refractivity (Wildman–Crippen MR) is 76.5 cm³/mol. The zero-order valence-corrected chi connectivity index (χ0v) is 13.6. The summed E-state index contributed by atoms with van der Waals surface area (Å²) in [6, 6.07) is 0. The molecule has 0 aliphatic heterocycles. The number of carboxylic acids is 1. The smallest absolute Gasteiger partial charge is 0.313 e. The molecule has 20 heavy (non-hydrogen) atoms. The zero-order chi connectivity index (χ0) is 15.6. The number of hydrogen-bond acceptors (Lipinski definition) is 6. The summed E-state index contributed by atoms with van der Waals surface area (Å²) in [7, 11) is -3.36. The van der Waals surface area contributed by atoms with E-state index in [1.54, 1.807) is 18.4 Å². The van der Waals surface area contributed by atoms with Gasteiger partial charge >= 0.3 is 5.97 Å². The Labute approximate surface area is 122 Å². The van der Waals surface area contributed by atoms with E-state index in [9.17, 15) is 13.2 Å².